The lowest BCUT2D eigenvalue weighted by atomic mass is 10.0. The summed E-state index contributed by atoms with van der Waals surface area (Å²) in [5.74, 6) is 1.75. The molecule has 2 heterocycles. The van der Waals surface area contributed by atoms with E-state index in [1.54, 1.807) is 11.8 Å². The highest BCUT2D eigenvalue weighted by Crippen LogP contribution is 2.33. The van der Waals surface area contributed by atoms with Crippen molar-refractivity contribution >= 4 is 33.3 Å². The minimum absolute atomic E-state index is 0.533. The number of fused-ring (bicyclic) bond motifs is 1. The van der Waals surface area contributed by atoms with E-state index < -0.39 is 0 Å². The molecule has 5 heteroatoms. The first kappa shape index (κ1) is 22.4. The molecule has 1 saturated heterocycles. The number of rotatable bonds is 8. The van der Waals surface area contributed by atoms with Gasteiger partial charge in [-0.1, -0.05) is 57.0 Å². The summed E-state index contributed by atoms with van der Waals surface area (Å²) in [5, 5.41) is 9.32. The number of nitrogens with zero attached hydrogens (tertiary/aromatic N) is 2. The number of likely N-dealkylation sites (tertiary alicyclic amines) is 1. The van der Waals surface area contributed by atoms with Gasteiger partial charge in [0, 0.05) is 41.7 Å². The highest BCUT2D eigenvalue weighted by molar-refractivity contribution is 8.11. The zero-order valence-corrected chi connectivity index (χ0v) is 19.5. The molecule has 4 nitrogen and oxygen atoms in total. The lowest BCUT2D eigenvalue weighted by Crippen LogP contribution is -2.45. The van der Waals surface area contributed by atoms with Crippen LogP contribution in [0.15, 0.2) is 60.4 Å². The summed E-state index contributed by atoms with van der Waals surface area (Å²) in [5.41, 5.74) is 1.14. The van der Waals surface area contributed by atoms with Crippen molar-refractivity contribution < 1.29 is 0 Å². The van der Waals surface area contributed by atoms with Crippen molar-refractivity contribution in [1.82, 2.24) is 15.2 Å². The second-order valence-electron chi connectivity index (χ2n) is 8.21. The van der Waals surface area contributed by atoms with Gasteiger partial charge in [0.15, 0.2) is 0 Å². The maximum atomic E-state index is 4.58. The summed E-state index contributed by atoms with van der Waals surface area (Å²) >= 11 is 1.71. The van der Waals surface area contributed by atoms with Crippen LogP contribution in [0.4, 0.5) is 5.82 Å². The van der Waals surface area contributed by atoms with Crippen molar-refractivity contribution in [2.24, 2.45) is 0 Å². The van der Waals surface area contributed by atoms with Crippen molar-refractivity contribution in [1.29, 1.82) is 0 Å². The molecule has 1 aromatic heterocycles. The van der Waals surface area contributed by atoms with E-state index in [-0.39, 0.29) is 0 Å². The molecule has 1 aliphatic heterocycles. The Hall–Kier alpha value is -2.24. The van der Waals surface area contributed by atoms with Gasteiger partial charge >= 0.3 is 0 Å². The molecular weight excluding hydrogens is 388 g/mol. The summed E-state index contributed by atoms with van der Waals surface area (Å²) in [7, 11) is 0. The van der Waals surface area contributed by atoms with E-state index >= 15 is 0 Å². The first-order valence-electron chi connectivity index (χ1n) is 10.7. The smallest absolute Gasteiger partial charge is 0.131 e. The van der Waals surface area contributed by atoms with E-state index in [1.807, 2.05) is 6.20 Å². The Morgan fingerprint density at radius 3 is 2.60 bits per heavy atom. The predicted molar refractivity (Wildman–Crippen MR) is 133 cm³/mol. The Morgan fingerprint density at radius 1 is 1.20 bits per heavy atom. The minimum atomic E-state index is 0.533. The van der Waals surface area contributed by atoms with Crippen LogP contribution >= 0.6 is 11.8 Å². The van der Waals surface area contributed by atoms with Gasteiger partial charge in [-0.3, -0.25) is 0 Å². The van der Waals surface area contributed by atoms with Crippen molar-refractivity contribution in [3.63, 3.8) is 0 Å². The van der Waals surface area contributed by atoms with Gasteiger partial charge in [-0.25, -0.2) is 4.98 Å². The van der Waals surface area contributed by atoms with Crippen molar-refractivity contribution in [3.05, 3.63) is 66.0 Å². The molecule has 0 radical (unpaired) electrons. The van der Waals surface area contributed by atoms with Gasteiger partial charge in [0.25, 0.3) is 0 Å². The number of aromatic nitrogens is 1. The third-order valence-electron chi connectivity index (χ3n) is 5.45. The maximum absolute atomic E-state index is 4.58. The fourth-order valence-electron chi connectivity index (χ4n) is 3.71. The van der Waals surface area contributed by atoms with Gasteiger partial charge in [-0.2, -0.15) is 0 Å². The Bertz CT molecular complexity index is 939. The third kappa shape index (κ3) is 5.89. The number of hydrogen-bond donors (Lipinski definition) is 2. The van der Waals surface area contributed by atoms with Crippen LogP contribution in [0, 0.1) is 0 Å². The molecule has 0 amide bonds. The zero-order valence-electron chi connectivity index (χ0n) is 18.7. The normalized spacial score (nSPS) is 15.6. The molecular formula is C25H34N4S. The van der Waals surface area contributed by atoms with Gasteiger partial charge in [-0.05, 0) is 54.7 Å². The molecule has 2 aromatic rings. The Kier molecular flexibility index (Phi) is 7.62. The molecule has 0 bridgehead atoms. The van der Waals surface area contributed by atoms with E-state index in [4.69, 9.17) is 0 Å². The summed E-state index contributed by atoms with van der Waals surface area (Å²) < 4.78 is 0. The molecule has 1 fully saturated rings. The Labute approximate surface area is 185 Å². The number of anilines is 1. The molecule has 1 aromatic carbocycles. The minimum Gasteiger partial charge on any atom is -0.359 e. The Morgan fingerprint density at radius 2 is 1.93 bits per heavy atom. The van der Waals surface area contributed by atoms with Crippen LogP contribution in [0.3, 0.4) is 0 Å². The standard InChI is InChI=1S/C25H34N4S/c1-7-18(4)30-19(5)21-8-9-22-16-26-25(15-23(22)14-21)28-20(6)29-12-10-24(11-13-29)27-17(2)3/h7-9,14-17,24,27H,5-6,10-13H2,1-4H3,(H,26,28)/b18-7-. The quantitative estimate of drug-likeness (QED) is 0.529. The molecule has 0 aliphatic carbocycles. The Balaban J connectivity index is 1.66. The molecule has 30 heavy (non-hydrogen) atoms. The number of nitrogens with one attached hydrogen (secondary N) is 2. The average Bonchev–Trinajstić information content (AvgIpc) is 2.73. The van der Waals surface area contributed by atoms with Crippen molar-refractivity contribution in [2.75, 3.05) is 18.4 Å². The first-order chi connectivity index (χ1) is 14.4. The topological polar surface area (TPSA) is 40.2 Å². The van der Waals surface area contributed by atoms with Crippen molar-refractivity contribution in [3.8, 4) is 0 Å². The second kappa shape index (κ2) is 10.2. The summed E-state index contributed by atoms with van der Waals surface area (Å²) in [6.45, 7) is 19.1. The monoisotopic (exact) mass is 422 g/mol. The SMILES string of the molecule is C=C(S/C(C)=C\C)c1ccc2cnc(NC(=C)N3CCC(NC(C)C)CC3)cc2c1. The lowest BCUT2D eigenvalue weighted by molar-refractivity contribution is 0.237. The van der Waals surface area contributed by atoms with E-state index in [0.717, 1.165) is 58.8 Å². The fraction of sp³-hybridized carbons (Fsp3) is 0.400. The molecule has 160 valence electrons. The summed E-state index contributed by atoms with van der Waals surface area (Å²) in [6.07, 6.45) is 6.30. The van der Waals surface area contributed by atoms with Gasteiger partial charge in [0.1, 0.15) is 5.82 Å². The molecule has 2 N–H and O–H groups in total. The third-order valence-corrected chi connectivity index (χ3v) is 6.49. The van der Waals surface area contributed by atoms with Crippen LogP contribution in [0.25, 0.3) is 15.7 Å². The van der Waals surface area contributed by atoms with Gasteiger partial charge in [-0.15, -0.1) is 0 Å². The fourth-order valence-corrected chi connectivity index (χ4v) is 4.46. The van der Waals surface area contributed by atoms with Crippen LogP contribution < -0.4 is 10.6 Å². The molecule has 1 aliphatic rings. The van der Waals surface area contributed by atoms with Crippen LogP contribution in [0.5, 0.6) is 0 Å². The highest BCUT2D eigenvalue weighted by Gasteiger charge is 2.20. The highest BCUT2D eigenvalue weighted by atomic mass is 32.2. The summed E-state index contributed by atoms with van der Waals surface area (Å²) in [4.78, 5) is 9.21. The zero-order chi connectivity index (χ0) is 21.7. The van der Waals surface area contributed by atoms with E-state index in [0.29, 0.717) is 12.1 Å². The molecule has 3 rings (SSSR count). The average molecular weight is 423 g/mol. The largest absolute Gasteiger partial charge is 0.359 e. The number of thioether (sulfide) groups is 1. The maximum Gasteiger partial charge on any atom is 0.131 e. The van der Waals surface area contributed by atoms with Crippen LogP contribution in [0.2, 0.25) is 0 Å². The summed E-state index contributed by atoms with van der Waals surface area (Å²) in [6, 6.07) is 9.64. The van der Waals surface area contributed by atoms with E-state index in [2.05, 4.69) is 91.7 Å². The van der Waals surface area contributed by atoms with Gasteiger partial charge in [0.2, 0.25) is 0 Å². The lowest BCUT2D eigenvalue weighted by Gasteiger charge is -2.35. The molecule has 0 saturated carbocycles. The van der Waals surface area contributed by atoms with Crippen molar-refractivity contribution in [2.45, 2.75) is 52.6 Å². The van der Waals surface area contributed by atoms with Gasteiger partial charge < -0.3 is 15.5 Å². The molecule has 0 spiro atoms. The van der Waals surface area contributed by atoms with E-state index in [1.165, 1.54) is 4.91 Å². The van der Waals surface area contributed by atoms with Gasteiger partial charge in [0.05, 0.1) is 5.82 Å². The number of pyridine rings is 1. The second-order valence-corrected chi connectivity index (χ2v) is 9.55. The van der Waals surface area contributed by atoms with Crippen LogP contribution in [0.1, 0.15) is 46.1 Å². The van der Waals surface area contributed by atoms with Crippen LogP contribution in [-0.4, -0.2) is 35.1 Å². The number of allylic oxidation sites excluding steroid dienone is 2. The molecule has 0 atom stereocenters. The number of piperidine rings is 1. The van der Waals surface area contributed by atoms with Crippen LogP contribution in [-0.2, 0) is 0 Å². The first-order valence-corrected chi connectivity index (χ1v) is 11.5. The predicted octanol–water partition coefficient (Wildman–Crippen LogP) is 6.21. The van der Waals surface area contributed by atoms with E-state index in [9.17, 15) is 0 Å². The number of benzene rings is 1. The number of hydrogen-bond acceptors (Lipinski definition) is 5. The molecule has 0 unspecified atom stereocenters.